The summed E-state index contributed by atoms with van der Waals surface area (Å²) in [5.41, 5.74) is -2.70. The van der Waals surface area contributed by atoms with Crippen molar-refractivity contribution in [3.8, 4) is 5.75 Å². The van der Waals surface area contributed by atoms with Crippen LogP contribution in [0.5, 0.6) is 5.75 Å². The van der Waals surface area contributed by atoms with Crippen LogP contribution in [0.4, 0.5) is 0 Å². The summed E-state index contributed by atoms with van der Waals surface area (Å²) >= 11 is 0. The van der Waals surface area contributed by atoms with Crippen LogP contribution in [0.25, 0.3) is 21.9 Å². The summed E-state index contributed by atoms with van der Waals surface area (Å²) in [6.45, 7) is 4.47. The number of carbonyl (C=O) groups is 2. The highest BCUT2D eigenvalue weighted by Gasteiger charge is 2.23. The molecular formula is C18H16N2O9. The van der Waals surface area contributed by atoms with Crippen LogP contribution in [0.1, 0.15) is 33.6 Å². The molecule has 11 heteroatoms. The van der Waals surface area contributed by atoms with Crippen LogP contribution in [0, 0.1) is 0 Å². The van der Waals surface area contributed by atoms with Gasteiger partial charge in [0, 0.05) is 19.9 Å². The highest BCUT2D eigenvalue weighted by molar-refractivity contribution is 6.05. The first kappa shape index (κ1) is 20.0. The fourth-order valence-electron chi connectivity index (χ4n) is 2.50. The van der Waals surface area contributed by atoms with Gasteiger partial charge < -0.3 is 23.2 Å². The van der Waals surface area contributed by atoms with Crippen LogP contribution in [-0.2, 0) is 19.3 Å². The smallest absolute Gasteiger partial charge is 0.332 e. The molecule has 0 fully saturated rings. The molecule has 29 heavy (non-hydrogen) atoms. The summed E-state index contributed by atoms with van der Waals surface area (Å²) < 4.78 is 16.4. The van der Waals surface area contributed by atoms with Crippen LogP contribution in [0.15, 0.2) is 34.8 Å². The van der Waals surface area contributed by atoms with Crippen LogP contribution < -0.4 is 26.7 Å². The molecule has 3 rings (SSSR count). The van der Waals surface area contributed by atoms with E-state index in [9.17, 15) is 19.2 Å². The summed E-state index contributed by atoms with van der Waals surface area (Å²) in [5, 5.41) is 6.56. The molecule has 0 saturated carbocycles. The molecule has 0 amide bonds. The molecule has 1 aromatic carbocycles. The lowest BCUT2D eigenvalue weighted by atomic mass is 10.1. The Morgan fingerprint density at radius 2 is 1.55 bits per heavy atom. The van der Waals surface area contributed by atoms with Crippen molar-refractivity contribution in [3.63, 3.8) is 0 Å². The van der Waals surface area contributed by atoms with Gasteiger partial charge in [-0.2, -0.15) is 0 Å². The van der Waals surface area contributed by atoms with E-state index in [4.69, 9.17) is 13.6 Å². The first-order valence-electron chi connectivity index (χ1n) is 8.63. The standard InChI is InChI=1S/C18H16N2O9/c1-4-5-6-25-10-7-11-13(15(24)17(26-11)19-28-8(2)21)16-12(10)14(23)18(27-16)20-29-9(3)22/h7H,4-6H2,1-3H3/b19-17?,20-18+. The third kappa shape index (κ3) is 3.93. The molecule has 3 aromatic rings. The van der Waals surface area contributed by atoms with Gasteiger partial charge in [0.2, 0.25) is 0 Å². The van der Waals surface area contributed by atoms with E-state index in [0.29, 0.717) is 13.0 Å². The van der Waals surface area contributed by atoms with Crippen LogP contribution in [0.2, 0.25) is 0 Å². The summed E-state index contributed by atoms with van der Waals surface area (Å²) in [4.78, 5) is 56.1. The lowest BCUT2D eigenvalue weighted by Gasteiger charge is -2.05. The summed E-state index contributed by atoms with van der Waals surface area (Å²) in [6, 6.07) is 1.34. The Bertz CT molecular complexity index is 1320. The van der Waals surface area contributed by atoms with Gasteiger partial charge in [0.15, 0.2) is 5.58 Å². The van der Waals surface area contributed by atoms with Crippen molar-refractivity contribution in [3.05, 3.63) is 37.6 Å². The second kappa shape index (κ2) is 8.09. The van der Waals surface area contributed by atoms with Gasteiger partial charge in [-0.15, -0.1) is 0 Å². The van der Waals surface area contributed by atoms with Crippen molar-refractivity contribution >= 4 is 33.9 Å². The van der Waals surface area contributed by atoms with E-state index in [1.165, 1.54) is 6.07 Å². The Morgan fingerprint density at radius 1 is 0.966 bits per heavy atom. The van der Waals surface area contributed by atoms with E-state index in [-0.39, 0.29) is 27.7 Å². The zero-order chi connectivity index (χ0) is 21.1. The van der Waals surface area contributed by atoms with Gasteiger partial charge in [-0.05, 0) is 16.7 Å². The lowest BCUT2D eigenvalue weighted by molar-refractivity contribution is -0.142. The van der Waals surface area contributed by atoms with Crippen molar-refractivity contribution in [1.82, 2.24) is 0 Å². The number of fused-ring (bicyclic) bond motifs is 3. The second-order valence-corrected chi connectivity index (χ2v) is 5.97. The fourth-order valence-corrected chi connectivity index (χ4v) is 2.50. The predicted molar refractivity (Wildman–Crippen MR) is 96.0 cm³/mol. The largest absolute Gasteiger partial charge is 0.493 e. The highest BCUT2D eigenvalue weighted by Crippen LogP contribution is 2.29. The van der Waals surface area contributed by atoms with E-state index >= 15 is 0 Å². The average molecular weight is 404 g/mol. The molecule has 0 saturated heterocycles. The second-order valence-electron chi connectivity index (χ2n) is 5.97. The summed E-state index contributed by atoms with van der Waals surface area (Å²) in [7, 11) is 0. The first-order valence-corrected chi connectivity index (χ1v) is 8.63. The number of nitrogens with zero attached hydrogens (tertiary/aromatic N) is 2. The number of carbonyl (C=O) groups excluding carboxylic acids is 2. The molecule has 11 nitrogen and oxygen atoms in total. The van der Waals surface area contributed by atoms with Crippen LogP contribution in [-0.4, -0.2) is 18.5 Å². The fraction of sp³-hybridized carbons (Fsp3) is 0.333. The Balaban J connectivity index is 2.34. The molecule has 0 atom stereocenters. The molecule has 0 radical (unpaired) electrons. The Kier molecular flexibility index (Phi) is 5.57. The molecule has 0 aliphatic carbocycles. The molecule has 0 aliphatic rings. The first-order chi connectivity index (χ1) is 13.8. The Hall–Kier alpha value is -3.76. The minimum Gasteiger partial charge on any atom is -0.493 e. The number of unbranched alkanes of at least 4 members (excludes halogenated alkanes) is 1. The minimum atomic E-state index is -0.765. The van der Waals surface area contributed by atoms with Crippen molar-refractivity contribution in [2.45, 2.75) is 33.6 Å². The monoisotopic (exact) mass is 404 g/mol. The van der Waals surface area contributed by atoms with Gasteiger partial charge in [0.25, 0.3) is 10.9 Å². The SMILES string of the molecule is CCCCOc1cc2oc(=NOC(C)=O)c(=O)c2c2o/c(=N/OC(C)=O)c(=O)c12. The quantitative estimate of drug-likeness (QED) is 0.329. The molecule has 0 spiro atoms. The maximum Gasteiger partial charge on any atom is 0.332 e. The summed E-state index contributed by atoms with van der Waals surface area (Å²) in [5.74, 6) is -1.41. The topological polar surface area (TPSA) is 147 Å². The Morgan fingerprint density at radius 3 is 2.14 bits per heavy atom. The van der Waals surface area contributed by atoms with E-state index in [0.717, 1.165) is 20.3 Å². The van der Waals surface area contributed by atoms with Gasteiger partial charge in [-0.1, -0.05) is 13.3 Å². The van der Waals surface area contributed by atoms with Crippen molar-refractivity contribution < 1.29 is 32.8 Å². The Labute approximate surface area is 161 Å². The minimum absolute atomic E-state index is 0.00712. The van der Waals surface area contributed by atoms with Gasteiger partial charge in [0.1, 0.15) is 22.1 Å². The zero-order valence-electron chi connectivity index (χ0n) is 15.8. The number of benzene rings is 1. The molecule has 2 aromatic heterocycles. The molecule has 0 aliphatic heterocycles. The van der Waals surface area contributed by atoms with Crippen LogP contribution >= 0.6 is 0 Å². The van der Waals surface area contributed by atoms with Gasteiger partial charge in [0.05, 0.1) is 6.61 Å². The number of rotatable bonds is 6. The van der Waals surface area contributed by atoms with Crippen LogP contribution in [0.3, 0.4) is 0 Å². The normalized spacial score (nSPS) is 12.7. The molecule has 0 bridgehead atoms. The maximum absolute atomic E-state index is 12.7. The van der Waals surface area contributed by atoms with Crippen molar-refractivity contribution in [2.24, 2.45) is 10.3 Å². The zero-order valence-corrected chi connectivity index (χ0v) is 15.8. The van der Waals surface area contributed by atoms with Gasteiger partial charge in [-0.25, -0.2) is 9.59 Å². The predicted octanol–water partition coefficient (Wildman–Crippen LogP) is 0.712. The van der Waals surface area contributed by atoms with E-state index < -0.39 is 33.9 Å². The van der Waals surface area contributed by atoms with Gasteiger partial charge in [-0.3, -0.25) is 9.59 Å². The summed E-state index contributed by atoms with van der Waals surface area (Å²) in [6.07, 6.45) is 1.57. The van der Waals surface area contributed by atoms with Crippen molar-refractivity contribution in [2.75, 3.05) is 6.61 Å². The number of ether oxygens (including phenoxy) is 1. The molecule has 152 valence electrons. The third-order valence-electron chi connectivity index (χ3n) is 3.73. The molecule has 2 heterocycles. The average Bonchev–Trinajstić information content (AvgIpc) is 3.15. The van der Waals surface area contributed by atoms with E-state index in [1.807, 2.05) is 6.92 Å². The lowest BCUT2D eigenvalue weighted by Crippen LogP contribution is -2.20. The molecule has 0 unspecified atom stereocenters. The van der Waals surface area contributed by atoms with E-state index in [2.05, 4.69) is 20.0 Å². The van der Waals surface area contributed by atoms with Crippen molar-refractivity contribution in [1.29, 1.82) is 0 Å². The molecule has 0 N–H and O–H groups in total. The number of hydrogen-bond donors (Lipinski definition) is 0. The van der Waals surface area contributed by atoms with E-state index in [1.54, 1.807) is 0 Å². The third-order valence-corrected chi connectivity index (χ3v) is 3.73. The maximum atomic E-state index is 12.7. The number of furan rings is 2. The highest BCUT2D eigenvalue weighted by atomic mass is 16.7. The van der Waals surface area contributed by atoms with Gasteiger partial charge >= 0.3 is 23.0 Å². The number of hydrogen-bond acceptors (Lipinski definition) is 11. The molecular weight excluding hydrogens is 388 g/mol.